The number of imidazole rings is 1. The Morgan fingerprint density at radius 3 is 2.80 bits per heavy atom. The first kappa shape index (κ1) is 10.4. The van der Waals surface area contributed by atoms with Crippen molar-refractivity contribution in [2.24, 2.45) is 5.92 Å². The van der Waals surface area contributed by atoms with Crippen molar-refractivity contribution in [3.8, 4) is 0 Å². The molecule has 0 saturated carbocycles. The minimum absolute atomic E-state index is 0.397. The summed E-state index contributed by atoms with van der Waals surface area (Å²) in [4.78, 5) is 7.26. The normalized spacial score (nSPS) is 13.6. The Kier molecular flexibility index (Phi) is 2.61. The molecule has 2 aromatic rings. The fourth-order valence-corrected chi connectivity index (χ4v) is 2.06. The predicted molar refractivity (Wildman–Crippen MR) is 64.5 cm³/mol. The van der Waals surface area contributed by atoms with Crippen LogP contribution in [0.3, 0.4) is 0 Å². The summed E-state index contributed by atoms with van der Waals surface area (Å²) < 4.78 is 2.94. The van der Waals surface area contributed by atoms with Crippen molar-refractivity contribution in [1.82, 2.24) is 14.5 Å². The van der Waals surface area contributed by atoms with Gasteiger partial charge in [0.2, 0.25) is 0 Å². The highest BCUT2D eigenvalue weighted by molar-refractivity contribution is 7.71. The molecule has 0 spiro atoms. The predicted octanol–water partition coefficient (Wildman–Crippen LogP) is 3.31. The zero-order valence-electron chi connectivity index (χ0n) is 9.19. The second-order valence-electron chi connectivity index (χ2n) is 4.18. The van der Waals surface area contributed by atoms with Crippen molar-refractivity contribution in [2.45, 2.75) is 26.8 Å². The van der Waals surface area contributed by atoms with Gasteiger partial charge in [-0.1, -0.05) is 13.8 Å². The summed E-state index contributed by atoms with van der Waals surface area (Å²) in [5.41, 5.74) is 2.14. The van der Waals surface area contributed by atoms with Gasteiger partial charge in [-0.15, -0.1) is 0 Å². The van der Waals surface area contributed by atoms with E-state index in [-0.39, 0.29) is 0 Å². The number of pyridine rings is 1. The van der Waals surface area contributed by atoms with E-state index >= 15 is 0 Å². The summed E-state index contributed by atoms with van der Waals surface area (Å²) >= 11 is 5.33. The minimum atomic E-state index is 0.397. The number of H-pyrrole nitrogens is 1. The summed E-state index contributed by atoms with van der Waals surface area (Å²) in [6.45, 7) is 6.59. The topological polar surface area (TPSA) is 33.6 Å². The van der Waals surface area contributed by atoms with Gasteiger partial charge in [-0.3, -0.25) is 4.98 Å². The highest BCUT2D eigenvalue weighted by Gasteiger charge is 2.13. The van der Waals surface area contributed by atoms with Crippen LogP contribution in [0.15, 0.2) is 18.5 Å². The van der Waals surface area contributed by atoms with Gasteiger partial charge in [0.05, 0.1) is 17.2 Å². The Morgan fingerprint density at radius 1 is 1.40 bits per heavy atom. The van der Waals surface area contributed by atoms with Crippen LogP contribution in [0.25, 0.3) is 11.0 Å². The van der Waals surface area contributed by atoms with E-state index in [1.54, 1.807) is 6.20 Å². The number of hydrogen-bond acceptors (Lipinski definition) is 2. The van der Waals surface area contributed by atoms with E-state index in [2.05, 4.69) is 35.3 Å². The van der Waals surface area contributed by atoms with Gasteiger partial charge in [0.25, 0.3) is 0 Å². The summed E-state index contributed by atoms with van der Waals surface area (Å²) in [5.74, 6) is 0.559. The Morgan fingerprint density at radius 2 is 2.13 bits per heavy atom. The molecule has 4 heteroatoms. The summed E-state index contributed by atoms with van der Waals surface area (Å²) in [7, 11) is 0. The lowest BCUT2D eigenvalue weighted by Gasteiger charge is -2.18. The molecule has 3 nitrogen and oxygen atoms in total. The number of rotatable bonds is 2. The molecule has 0 saturated heterocycles. The molecule has 1 atom stereocenters. The lowest BCUT2D eigenvalue weighted by molar-refractivity contribution is 0.413. The second-order valence-corrected chi connectivity index (χ2v) is 4.56. The van der Waals surface area contributed by atoms with E-state index in [0.717, 1.165) is 15.8 Å². The lowest BCUT2D eigenvalue weighted by atomic mass is 10.1. The van der Waals surface area contributed by atoms with Crippen molar-refractivity contribution in [1.29, 1.82) is 0 Å². The number of fused-ring (bicyclic) bond motifs is 1. The van der Waals surface area contributed by atoms with Crippen LogP contribution in [0, 0.1) is 10.7 Å². The van der Waals surface area contributed by atoms with Gasteiger partial charge >= 0.3 is 0 Å². The SMILES string of the molecule is CC(C)C(C)n1c(=S)[nH]c2cnccc21. The van der Waals surface area contributed by atoms with Gasteiger partial charge in [-0.2, -0.15) is 0 Å². The molecule has 2 rings (SSSR count). The highest BCUT2D eigenvalue weighted by atomic mass is 32.1. The van der Waals surface area contributed by atoms with Gasteiger partial charge in [0.1, 0.15) is 0 Å². The molecule has 0 aliphatic rings. The van der Waals surface area contributed by atoms with E-state index in [1.807, 2.05) is 12.3 Å². The largest absolute Gasteiger partial charge is 0.329 e. The van der Waals surface area contributed by atoms with Crippen LogP contribution in [-0.4, -0.2) is 14.5 Å². The summed E-state index contributed by atoms with van der Waals surface area (Å²) in [6.07, 6.45) is 3.61. The maximum atomic E-state index is 5.33. The molecule has 0 radical (unpaired) electrons. The standard InChI is InChI=1S/C11H15N3S/c1-7(2)8(3)14-10-4-5-12-6-9(10)13-11(14)15/h4-8H,1-3H3,(H,13,15). The quantitative estimate of drug-likeness (QED) is 0.789. The molecule has 0 aliphatic heterocycles. The molecular weight excluding hydrogens is 206 g/mol. The van der Waals surface area contributed by atoms with Gasteiger partial charge in [-0.05, 0) is 31.1 Å². The number of aromatic amines is 1. The van der Waals surface area contributed by atoms with Crippen LogP contribution in [0.2, 0.25) is 0 Å². The molecule has 0 aromatic carbocycles. The molecule has 0 fully saturated rings. The molecular formula is C11H15N3S. The molecule has 80 valence electrons. The van der Waals surface area contributed by atoms with Crippen LogP contribution < -0.4 is 0 Å². The van der Waals surface area contributed by atoms with E-state index < -0.39 is 0 Å². The fourth-order valence-electron chi connectivity index (χ4n) is 1.68. The van der Waals surface area contributed by atoms with Gasteiger partial charge in [0, 0.05) is 12.2 Å². The highest BCUT2D eigenvalue weighted by Crippen LogP contribution is 2.23. The van der Waals surface area contributed by atoms with E-state index in [9.17, 15) is 0 Å². The zero-order chi connectivity index (χ0) is 11.0. The minimum Gasteiger partial charge on any atom is -0.329 e. The third-order valence-corrected chi connectivity index (χ3v) is 3.19. The number of nitrogens with zero attached hydrogens (tertiary/aromatic N) is 2. The number of hydrogen-bond donors (Lipinski definition) is 1. The maximum Gasteiger partial charge on any atom is 0.178 e. The van der Waals surface area contributed by atoms with Crippen molar-refractivity contribution in [3.63, 3.8) is 0 Å². The molecule has 0 aliphatic carbocycles. The average molecular weight is 221 g/mol. The Labute approximate surface area is 94.2 Å². The first-order valence-corrected chi connectivity index (χ1v) is 5.56. The van der Waals surface area contributed by atoms with Gasteiger partial charge in [0.15, 0.2) is 4.77 Å². The van der Waals surface area contributed by atoms with Crippen LogP contribution in [0.5, 0.6) is 0 Å². The average Bonchev–Trinajstić information content (AvgIpc) is 2.52. The van der Waals surface area contributed by atoms with Gasteiger partial charge in [-0.25, -0.2) is 0 Å². The van der Waals surface area contributed by atoms with Crippen LogP contribution >= 0.6 is 12.2 Å². The smallest absolute Gasteiger partial charge is 0.178 e. The maximum absolute atomic E-state index is 5.33. The number of nitrogens with one attached hydrogen (secondary N) is 1. The van der Waals surface area contributed by atoms with E-state index in [1.165, 1.54) is 0 Å². The first-order chi connectivity index (χ1) is 7.11. The zero-order valence-corrected chi connectivity index (χ0v) is 10.0. The van der Waals surface area contributed by atoms with E-state index in [4.69, 9.17) is 12.2 Å². The van der Waals surface area contributed by atoms with Crippen LogP contribution in [-0.2, 0) is 0 Å². The van der Waals surface area contributed by atoms with E-state index in [0.29, 0.717) is 12.0 Å². The molecule has 0 bridgehead atoms. The monoisotopic (exact) mass is 221 g/mol. The third-order valence-electron chi connectivity index (χ3n) is 2.89. The Bertz CT molecular complexity index is 524. The van der Waals surface area contributed by atoms with Crippen LogP contribution in [0.1, 0.15) is 26.8 Å². The van der Waals surface area contributed by atoms with Crippen molar-refractivity contribution in [3.05, 3.63) is 23.2 Å². The fraction of sp³-hybridized carbons (Fsp3) is 0.455. The molecule has 0 amide bonds. The van der Waals surface area contributed by atoms with Crippen molar-refractivity contribution in [2.75, 3.05) is 0 Å². The first-order valence-electron chi connectivity index (χ1n) is 5.15. The Hall–Kier alpha value is -1.16. The van der Waals surface area contributed by atoms with Gasteiger partial charge < -0.3 is 9.55 Å². The van der Waals surface area contributed by atoms with Crippen molar-refractivity contribution >= 4 is 23.3 Å². The molecule has 1 N–H and O–H groups in total. The summed E-state index contributed by atoms with van der Waals surface area (Å²) in [5, 5.41) is 0. The number of aromatic nitrogens is 3. The molecule has 15 heavy (non-hydrogen) atoms. The molecule has 1 unspecified atom stereocenters. The second kappa shape index (κ2) is 3.77. The third kappa shape index (κ3) is 1.69. The lowest BCUT2D eigenvalue weighted by Crippen LogP contribution is -2.11. The Balaban J connectivity index is 2.69. The molecule has 2 heterocycles. The summed E-state index contributed by atoms with van der Waals surface area (Å²) in [6, 6.07) is 2.40. The van der Waals surface area contributed by atoms with Crippen molar-refractivity contribution < 1.29 is 0 Å². The molecule has 2 aromatic heterocycles. The van der Waals surface area contributed by atoms with Crippen LogP contribution in [0.4, 0.5) is 0 Å².